The topological polar surface area (TPSA) is 92.5 Å². The Morgan fingerprint density at radius 2 is 1.96 bits per heavy atom. The van der Waals surface area contributed by atoms with Crippen LogP contribution in [0.5, 0.6) is 0 Å². The van der Waals surface area contributed by atoms with E-state index in [1.807, 2.05) is 12.1 Å². The third-order valence-corrected chi connectivity index (χ3v) is 5.50. The van der Waals surface area contributed by atoms with Crippen molar-refractivity contribution in [1.29, 1.82) is 0 Å². The third kappa shape index (κ3) is 3.43. The van der Waals surface area contributed by atoms with E-state index in [0.29, 0.717) is 31.5 Å². The number of non-ortho nitro benzene ring substituents is 1. The summed E-state index contributed by atoms with van der Waals surface area (Å²) in [5, 5.41) is 13.8. The van der Waals surface area contributed by atoms with E-state index in [9.17, 15) is 19.7 Å². The smallest absolute Gasteiger partial charge is 0.269 e. The summed E-state index contributed by atoms with van der Waals surface area (Å²) in [6.07, 6.45) is 1.90. The van der Waals surface area contributed by atoms with Crippen molar-refractivity contribution in [3.8, 4) is 0 Å². The second-order valence-corrected chi connectivity index (χ2v) is 7.03. The van der Waals surface area contributed by atoms with Crippen LogP contribution < -0.4 is 10.2 Å². The first-order valence-corrected chi connectivity index (χ1v) is 8.84. The molecule has 1 saturated heterocycles. The molecule has 0 bridgehead atoms. The second kappa shape index (κ2) is 7.77. The number of nitrogens with zero attached hydrogens (tertiary/aromatic N) is 2. The van der Waals surface area contributed by atoms with Gasteiger partial charge in [0.1, 0.15) is 0 Å². The Morgan fingerprint density at radius 1 is 1.21 bits per heavy atom. The molecule has 1 unspecified atom stereocenters. The Bertz CT molecular complexity index is 931. The largest absolute Gasteiger partial charge is 0.356 e. The molecule has 1 spiro atoms. The fourth-order valence-electron chi connectivity index (χ4n) is 3.98. The Labute approximate surface area is 174 Å². The minimum Gasteiger partial charge on any atom is -0.356 e. The molecule has 2 aliphatic rings. The molecule has 0 aromatic heterocycles. The molecule has 2 aromatic rings. The minimum absolute atomic E-state index is 0. The van der Waals surface area contributed by atoms with Gasteiger partial charge in [-0.2, -0.15) is 18.2 Å². The van der Waals surface area contributed by atoms with Gasteiger partial charge >= 0.3 is 0 Å². The number of rotatable bonds is 2. The van der Waals surface area contributed by atoms with Gasteiger partial charge in [0.2, 0.25) is 5.91 Å². The molecule has 7 nitrogen and oxygen atoms in total. The van der Waals surface area contributed by atoms with Crippen LogP contribution in [-0.4, -0.2) is 29.8 Å². The molecule has 0 saturated carbocycles. The molecule has 1 fully saturated rings. The van der Waals surface area contributed by atoms with Crippen molar-refractivity contribution in [2.45, 2.75) is 19.3 Å². The van der Waals surface area contributed by atoms with Crippen molar-refractivity contribution in [1.82, 2.24) is 5.32 Å². The van der Waals surface area contributed by atoms with E-state index in [-0.39, 0.29) is 36.1 Å². The fourth-order valence-corrected chi connectivity index (χ4v) is 3.98. The number of anilines is 1. The van der Waals surface area contributed by atoms with E-state index in [2.05, 4.69) is 11.4 Å². The summed E-state index contributed by atoms with van der Waals surface area (Å²) in [5.41, 5.74) is 1.52. The molecule has 2 heterocycles. The van der Waals surface area contributed by atoms with E-state index < -0.39 is 10.3 Å². The molecule has 1 N–H and O–H groups in total. The van der Waals surface area contributed by atoms with Crippen LogP contribution in [-0.2, 0) is 29.8 Å². The predicted octanol–water partition coefficient (Wildman–Crippen LogP) is 2.49. The SMILES string of the molecule is O=C(c1ccc([N+](=O)[O-])cc1)N1CCC2(CCNC2=O)Cc2c[c-]ccc21.[V]. The van der Waals surface area contributed by atoms with E-state index in [1.165, 1.54) is 24.3 Å². The molecule has 0 aliphatic carbocycles. The van der Waals surface area contributed by atoms with Crippen LogP contribution in [0.25, 0.3) is 0 Å². The standard InChI is InChI=1S/C20H18N3O4.V/c24-18(14-5-7-16(8-6-14)23(26)27)22-12-10-20(9-11-21-19(20)25)13-15-3-1-2-4-17(15)22;/h2-8H,9-13H2,(H,21,25);/q-1;. The first kappa shape index (κ1) is 20.1. The number of nitro groups is 1. The van der Waals surface area contributed by atoms with Crippen molar-refractivity contribution in [3.63, 3.8) is 0 Å². The summed E-state index contributed by atoms with van der Waals surface area (Å²) in [7, 11) is 0. The Balaban J connectivity index is 0.00000225. The number of amides is 2. The summed E-state index contributed by atoms with van der Waals surface area (Å²) in [6.45, 7) is 1.07. The summed E-state index contributed by atoms with van der Waals surface area (Å²) in [4.78, 5) is 37.6. The summed E-state index contributed by atoms with van der Waals surface area (Å²) < 4.78 is 0. The van der Waals surface area contributed by atoms with Crippen molar-refractivity contribution in [2.24, 2.45) is 5.41 Å². The van der Waals surface area contributed by atoms with Gasteiger partial charge in [0.25, 0.3) is 11.6 Å². The van der Waals surface area contributed by atoms with Crippen LogP contribution in [0.4, 0.5) is 11.4 Å². The number of carbonyl (C=O) groups is 2. The minimum atomic E-state index is -0.492. The van der Waals surface area contributed by atoms with Crippen LogP contribution >= 0.6 is 0 Å². The molecule has 2 amide bonds. The molecule has 1 atom stereocenters. The zero-order chi connectivity index (χ0) is 19.0. The monoisotopic (exact) mass is 415 g/mol. The van der Waals surface area contributed by atoms with Gasteiger partial charge in [-0.05, 0) is 25.0 Å². The molecule has 2 aromatic carbocycles. The van der Waals surface area contributed by atoms with Crippen molar-refractivity contribution >= 4 is 23.2 Å². The fraction of sp³-hybridized carbons (Fsp3) is 0.300. The van der Waals surface area contributed by atoms with Gasteiger partial charge in [-0.25, -0.2) is 0 Å². The van der Waals surface area contributed by atoms with Gasteiger partial charge in [0, 0.05) is 54.8 Å². The van der Waals surface area contributed by atoms with Crippen LogP contribution in [0.3, 0.4) is 0 Å². The number of hydrogen-bond acceptors (Lipinski definition) is 4. The molecule has 28 heavy (non-hydrogen) atoms. The maximum atomic E-state index is 13.1. The van der Waals surface area contributed by atoms with Crippen molar-refractivity contribution < 1.29 is 33.1 Å². The zero-order valence-corrected chi connectivity index (χ0v) is 16.4. The Hall–Kier alpha value is -2.64. The first-order valence-electron chi connectivity index (χ1n) is 8.84. The van der Waals surface area contributed by atoms with E-state index >= 15 is 0 Å². The molecule has 8 heteroatoms. The zero-order valence-electron chi connectivity index (χ0n) is 15.1. The number of fused-ring (bicyclic) bond motifs is 1. The summed E-state index contributed by atoms with van der Waals surface area (Å²) >= 11 is 0. The number of nitrogens with one attached hydrogen (secondary N) is 1. The van der Waals surface area contributed by atoms with Gasteiger partial charge < -0.3 is 10.2 Å². The maximum Gasteiger partial charge on any atom is 0.269 e. The normalized spacial score (nSPS) is 20.7. The van der Waals surface area contributed by atoms with Crippen LogP contribution in [0.1, 0.15) is 28.8 Å². The van der Waals surface area contributed by atoms with Crippen molar-refractivity contribution in [3.05, 3.63) is 69.8 Å². The average Bonchev–Trinajstić information content (AvgIpc) is 2.93. The van der Waals surface area contributed by atoms with Gasteiger partial charge in [-0.1, -0.05) is 12.1 Å². The molecular formula is C20H18N3O4V-. The second-order valence-electron chi connectivity index (χ2n) is 7.03. The summed E-state index contributed by atoms with van der Waals surface area (Å²) in [6, 6.07) is 14.1. The molecule has 1 radical (unpaired) electrons. The molecular weight excluding hydrogens is 397 g/mol. The van der Waals surface area contributed by atoms with Gasteiger partial charge in [-0.3, -0.25) is 19.7 Å². The van der Waals surface area contributed by atoms with E-state index in [4.69, 9.17) is 0 Å². The van der Waals surface area contributed by atoms with Crippen LogP contribution in [0, 0.1) is 21.6 Å². The number of hydrogen-bond donors (Lipinski definition) is 1. The first-order chi connectivity index (χ1) is 13.0. The van der Waals surface area contributed by atoms with Gasteiger partial charge in [0.05, 0.1) is 4.92 Å². The van der Waals surface area contributed by atoms with Crippen LogP contribution in [0.15, 0.2) is 42.5 Å². The number of benzene rings is 2. The average molecular weight is 415 g/mol. The number of carbonyl (C=O) groups excluding carboxylic acids is 2. The van der Waals surface area contributed by atoms with E-state index in [1.54, 1.807) is 11.0 Å². The third-order valence-electron chi connectivity index (χ3n) is 5.50. The van der Waals surface area contributed by atoms with Gasteiger partial charge in [-0.15, -0.1) is 11.6 Å². The Kier molecular flexibility index (Phi) is 5.58. The number of nitro benzene ring substituents is 1. The maximum absolute atomic E-state index is 13.1. The summed E-state index contributed by atoms with van der Waals surface area (Å²) in [5.74, 6) is -0.185. The van der Waals surface area contributed by atoms with Crippen LogP contribution in [0.2, 0.25) is 0 Å². The molecule has 4 rings (SSSR count). The van der Waals surface area contributed by atoms with E-state index in [0.717, 1.165) is 17.7 Å². The molecule has 143 valence electrons. The van der Waals surface area contributed by atoms with Crippen molar-refractivity contribution in [2.75, 3.05) is 18.0 Å². The molecule has 2 aliphatic heterocycles. The van der Waals surface area contributed by atoms with Gasteiger partial charge in [0.15, 0.2) is 0 Å². The quantitative estimate of drug-likeness (QED) is 0.464. The Morgan fingerprint density at radius 3 is 2.61 bits per heavy atom. The predicted molar refractivity (Wildman–Crippen MR) is 98.4 cm³/mol.